The molecule has 7 heteroatoms. The van der Waals surface area contributed by atoms with E-state index in [2.05, 4.69) is 59.2 Å². The monoisotopic (exact) mass is 428 g/mol. The number of thiophene rings is 1. The number of para-hydroxylation sites is 1. The predicted octanol–water partition coefficient (Wildman–Crippen LogP) is 6.06. The molecule has 0 spiro atoms. The topological polar surface area (TPSA) is 59.8 Å². The summed E-state index contributed by atoms with van der Waals surface area (Å²) in [6, 6.07) is 8.40. The molecule has 0 fully saturated rings. The number of benzene rings is 1. The van der Waals surface area contributed by atoms with Gasteiger partial charge in [0.15, 0.2) is 11.0 Å². The number of hydrogen-bond donors (Lipinski definition) is 1. The molecule has 0 saturated heterocycles. The Morgan fingerprint density at radius 2 is 1.86 bits per heavy atom. The third kappa shape index (κ3) is 4.90. The predicted molar refractivity (Wildman–Crippen MR) is 123 cm³/mol. The molecule has 1 N–H and O–H groups in total. The van der Waals surface area contributed by atoms with E-state index in [0.29, 0.717) is 11.7 Å². The largest absolute Gasteiger partial charge is 0.325 e. The maximum atomic E-state index is 12.5. The smallest absolute Gasteiger partial charge is 0.234 e. The Bertz CT molecular complexity index is 984. The van der Waals surface area contributed by atoms with Gasteiger partial charge in [-0.05, 0) is 50.8 Å². The second kappa shape index (κ2) is 9.13. The average Bonchev–Trinajstić information content (AvgIpc) is 3.29. The highest BCUT2D eigenvalue weighted by Gasteiger charge is 2.19. The molecule has 0 radical (unpaired) electrons. The van der Waals surface area contributed by atoms with Crippen molar-refractivity contribution >= 4 is 34.7 Å². The molecule has 29 heavy (non-hydrogen) atoms. The van der Waals surface area contributed by atoms with Gasteiger partial charge in [-0.15, -0.1) is 21.5 Å². The first kappa shape index (κ1) is 21.6. The molecule has 5 nitrogen and oxygen atoms in total. The van der Waals surface area contributed by atoms with Gasteiger partial charge in [0.25, 0.3) is 0 Å². The van der Waals surface area contributed by atoms with Gasteiger partial charge in [-0.3, -0.25) is 9.36 Å². The zero-order valence-electron chi connectivity index (χ0n) is 17.8. The molecule has 3 rings (SSSR count). The Balaban J connectivity index is 1.75. The van der Waals surface area contributed by atoms with Crippen molar-refractivity contribution in [2.24, 2.45) is 0 Å². The summed E-state index contributed by atoms with van der Waals surface area (Å²) < 4.78 is 2.11. The van der Waals surface area contributed by atoms with Gasteiger partial charge in [0, 0.05) is 27.5 Å². The number of aryl methyl sites for hydroxylation is 2. The third-order valence-electron chi connectivity index (χ3n) is 4.71. The molecule has 0 aliphatic carbocycles. The van der Waals surface area contributed by atoms with Crippen LogP contribution in [0.1, 0.15) is 55.7 Å². The molecule has 0 aliphatic rings. The van der Waals surface area contributed by atoms with Crippen LogP contribution in [0, 0.1) is 13.8 Å². The van der Waals surface area contributed by atoms with Gasteiger partial charge in [0.05, 0.1) is 5.75 Å². The fraction of sp³-hybridized carbons (Fsp3) is 0.409. The lowest BCUT2D eigenvalue weighted by atomic mass is 10.1. The van der Waals surface area contributed by atoms with E-state index in [4.69, 9.17) is 0 Å². The van der Waals surface area contributed by atoms with Gasteiger partial charge >= 0.3 is 0 Å². The van der Waals surface area contributed by atoms with Crippen molar-refractivity contribution in [1.82, 2.24) is 14.8 Å². The first-order valence-electron chi connectivity index (χ1n) is 9.80. The van der Waals surface area contributed by atoms with Crippen LogP contribution in [0.3, 0.4) is 0 Å². The van der Waals surface area contributed by atoms with Crippen LogP contribution in [0.4, 0.5) is 5.69 Å². The zero-order valence-corrected chi connectivity index (χ0v) is 19.4. The lowest BCUT2D eigenvalue weighted by Crippen LogP contribution is -2.16. The average molecular weight is 429 g/mol. The van der Waals surface area contributed by atoms with E-state index >= 15 is 0 Å². The van der Waals surface area contributed by atoms with E-state index in [1.165, 1.54) is 16.6 Å². The van der Waals surface area contributed by atoms with Gasteiger partial charge in [0.1, 0.15) is 0 Å². The number of hydrogen-bond acceptors (Lipinski definition) is 5. The Kier molecular flexibility index (Phi) is 6.80. The van der Waals surface area contributed by atoms with Crippen molar-refractivity contribution in [1.29, 1.82) is 0 Å². The maximum absolute atomic E-state index is 12.5. The van der Waals surface area contributed by atoms with Crippen LogP contribution in [0.15, 0.2) is 34.8 Å². The summed E-state index contributed by atoms with van der Waals surface area (Å²) in [7, 11) is 0. The Hall–Kier alpha value is -2.12. The number of carbonyl (C=O) groups is 1. The zero-order chi connectivity index (χ0) is 21.1. The van der Waals surface area contributed by atoms with E-state index in [0.717, 1.165) is 33.4 Å². The van der Waals surface area contributed by atoms with Crippen molar-refractivity contribution in [3.63, 3.8) is 0 Å². The summed E-state index contributed by atoms with van der Waals surface area (Å²) in [4.78, 5) is 13.9. The van der Waals surface area contributed by atoms with Crippen LogP contribution in [0.2, 0.25) is 0 Å². The Labute approximate surface area is 180 Å². The van der Waals surface area contributed by atoms with Crippen LogP contribution in [-0.2, 0) is 4.79 Å². The molecular formula is C22H28N4OS2. The summed E-state index contributed by atoms with van der Waals surface area (Å²) in [5.41, 5.74) is 4.11. The van der Waals surface area contributed by atoms with Crippen LogP contribution in [-0.4, -0.2) is 26.4 Å². The summed E-state index contributed by atoms with van der Waals surface area (Å²) in [6.45, 7) is 12.6. The minimum atomic E-state index is -0.0371. The summed E-state index contributed by atoms with van der Waals surface area (Å²) in [5, 5.41) is 14.8. The van der Waals surface area contributed by atoms with E-state index in [-0.39, 0.29) is 11.9 Å². The summed E-state index contributed by atoms with van der Waals surface area (Å²) >= 11 is 3.18. The highest BCUT2D eigenvalue weighted by Crippen LogP contribution is 2.33. The molecule has 154 valence electrons. The number of carbonyl (C=O) groups excluding carboxylic acids is 1. The molecule has 0 aliphatic heterocycles. The number of amides is 1. The number of rotatable bonds is 7. The second-order valence-electron chi connectivity index (χ2n) is 7.77. The first-order chi connectivity index (χ1) is 13.8. The normalized spacial score (nSPS) is 11.4. The lowest BCUT2D eigenvalue weighted by molar-refractivity contribution is -0.113. The van der Waals surface area contributed by atoms with E-state index in [1.807, 2.05) is 32.0 Å². The highest BCUT2D eigenvalue weighted by molar-refractivity contribution is 7.99. The first-order valence-corrected chi connectivity index (χ1v) is 11.7. The number of anilines is 1. The fourth-order valence-corrected chi connectivity index (χ4v) is 4.90. The van der Waals surface area contributed by atoms with Crippen LogP contribution >= 0.6 is 23.1 Å². The minimum absolute atomic E-state index is 0.0371. The number of nitrogens with zero attached hydrogens (tertiary/aromatic N) is 3. The quantitative estimate of drug-likeness (QED) is 0.465. The number of aromatic nitrogens is 3. The molecule has 2 aromatic heterocycles. The van der Waals surface area contributed by atoms with Crippen molar-refractivity contribution < 1.29 is 4.79 Å². The van der Waals surface area contributed by atoms with Gasteiger partial charge in [-0.1, -0.05) is 43.8 Å². The van der Waals surface area contributed by atoms with Crippen molar-refractivity contribution in [2.75, 3.05) is 11.1 Å². The van der Waals surface area contributed by atoms with Gasteiger partial charge in [-0.2, -0.15) is 0 Å². The second-order valence-corrected chi connectivity index (χ2v) is 9.65. The van der Waals surface area contributed by atoms with E-state index in [1.54, 1.807) is 11.3 Å². The molecule has 0 saturated carbocycles. The Morgan fingerprint density at radius 1 is 1.17 bits per heavy atom. The van der Waals surface area contributed by atoms with Crippen molar-refractivity contribution in [3.05, 3.63) is 45.6 Å². The SMILES string of the molecule is Cc1cccc(C)c1NC(=O)CSc1nnc(-c2csc(C(C)C)c2)n1C(C)C. The molecule has 0 atom stereocenters. The maximum Gasteiger partial charge on any atom is 0.234 e. The van der Waals surface area contributed by atoms with Gasteiger partial charge in [-0.25, -0.2) is 0 Å². The van der Waals surface area contributed by atoms with E-state index < -0.39 is 0 Å². The third-order valence-corrected chi connectivity index (χ3v) is 6.88. The number of thioether (sulfide) groups is 1. The van der Waals surface area contributed by atoms with Gasteiger partial charge in [0.2, 0.25) is 5.91 Å². The Morgan fingerprint density at radius 3 is 2.45 bits per heavy atom. The highest BCUT2D eigenvalue weighted by atomic mass is 32.2. The molecule has 3 aromatic rings. The molecule has 2 heterocycles. The van der Waals surface area contributed by atoms with Crippen LogP contribution in [0.5, 0.6) is 0 Å². The van der Waals surface area contributed by atoms with Gasteiger partial charge < -0.3 is 5.32 Å². The van der Waals surface area contributed by atoms with E-state index in [9.17, 15) is 4.79 Å². The van der Waals surface area contributed by atoms with Crippen LogP contribution < -0.4 is 5.32 Å². The summed E-state index contributed by atoms with van der Waals surface area (Å²) in [5.74, 6) is 1.61. The molecule has 0 bridgehead atoms. The number of nitrogens with one attached hydrogen (secondary N) is 1. The molecule has 0 unspecified atom stereocenters. The standard InChI is InChI=1S/C22H28N4OS2/c1-13(2)18-10-17(11-28-18)21-24-25-22(26(21)14(3)4)29-12-19(27)23-20-15(5)8-7-9-16(20)6/h7-11,13-14H,12H2,1-6H3,(H,23,27). The van der Waals surface area contributed by atoms with Crippen molar-refractivity contribution in [2.45, 2.75) is 58.7 Å². The molecule has 1 aromatic carbocycles. The molecular weight excluding hydrogens is 400 g/mol. The van der Waals surface area contributed by atoms with Crippen LogP contribution in [0.25, 0.3) is 11.4 Å². The lowest BCUT2D eigenvalue weighted by Gasteiger charge is -2.14. The molecule has 1 amide bonds. The van der Waals surface area contributed by atoms with Crippen molar-refractivity contribution in [3.8, 4) is 11.4 Å². The fourth-order valence-electron chi connectivity index (χ4n) is 3.13. The summed E-state index contributed by atoms with van der Waals surface area (Å²) in [6.07, 6.45) is 0. The minimum Gasteiger partial charge on any atom is -0.325 e.